The molecule has 0 saturated heterocycles. The second-order valence-electron chi connectivity index (χ2n) is 11.2. The van der Waals surface area contributed by atoms with Crippen LogP contribution in [0.4, 0.5) is 0 Å². The van der Waals surface area contributed by atoms with Crippen LogP contribution in [-0.2, 0) is 4.84 Å². The van der Waals surface area contributed by atoms with Crippen molar-refractivity contribution in [3.8, 4) is 0 Å². The van der Waals surface area contributed by atoms with Gasteiger partial charge in [0.05, 0.1) is 17.4 Å². The number of hydrogen-bond acceptors (Lipinski definition) is 6. The first-order valence-electron chi connectivity index (χ1n) is 12.1. The highest BCUT2D eigenvalue weighted by atomic mass is 16.6. The third-order valence-corrected chi connectivity index (χ3v) is 10.2. The van der Waals surface area contributed by atoms with Gasteiger partial charge in [-0.25, -0.2) is 0 Å². The van der Waals surface area contributed by atoms with Gasteiger partial charge in [0, 0.05) is 5.41 Å². The van der Waals surface area contributed by atoms with Crippen LogP contribution in [0.1, 0.15) is 85.0 Å². The van der Waals surface area contributed by atoms with Gasteiger partial charge in [0.2, 0.25) is 0 Å². The number of rotatable bonds is 5. The largest absolute Gasteiger partial charge is 0.396 e. The zero-order valence-corrected chi connectivity index (χ0v) is 19.1. The molecule has 0 aliphatic heterocycles. The van der Waals surface area contributed by atoms with Gasteiger partial charge >= 0.3 is 0 Å². The van der Waals surface area contributed by atoms with Gasteiger partial charge in [0.15, 0.2) is 0 Å². The molecular weight excluding hydrogens is 380 g/mol. The molecule has 6 nitrogen and oxygen atoms in total. The van der Waals surface area contributed by atoms with Crippen molar-refractivity contribution in [2.24, 2.45) is 39.5 Å². The van der Waals surface area contributed by atoms with Crippen molar-refractivity contribution >= 4 is 5.71 Å². The van der Waals surface area contributed by atoms with E-state index in [1.54, 1.807) is 0 Å². The van der Waals surface area contributed by atoms with Gasteiger partial charge in [0.1, 0.15) is 12.2 Å². The second-order valence-corrected chi connectivity index (χ2v) is 11.2. The smallest absolute Gasteiger partial charge is 0.118 e. The van der Waals surface area contributed by atoms with Crippen molar-refractivity contribution in [3.05, 3.63) is 0 Å². The minimum Gasteiger partial charge on any atom is -0.396 e. The molecule has 6 heteroatoms. The molecule has 0 heterocycles. The first kappa shape index (κ1) is 22.5. The third kappa shape index (κ3) is 3.01. The Morgan fingerprint density at radius 3 is 2.53 bits per heavy atom. The Morgan fingerprint density at radius 1 is 1.03 bits per heavy atom. The van der Waals surface area contributed by atoms with Crippen LogP contribution in [0.5, 0.6) is 0 Å². The Kier molecular flexibility index (Phi) is 5.79. The summed E-state index contributed by atoms with van der Waals surface area (Å²) in [5.41, 5.74) is 3.64. The van der Waals surface area contributed by atoms with E-state index in [-0.39, 0.29) is 17.4 Å². The molecular formula is C24H42N2O4. The quantitative estimate of drug-likeness (QED) is 0.309. The predicted molar refractivity (Wildman–Crippen MR) is 117 cm³/mol. The SMILES string of the molecule is C/C(=N\OCCCN)[C@@]1(O)CC[C@]2(O)[C@@H]3CC[C@@H]4C[C@@H](O)CC[C@]4(C)[C@H]3CC[C@]12C. The van der Waals surface area contributed by atoms with Gasteiger partial charge in [-0.15, -0.1) is 0 Å². The summed E-state index contributed by atoms with van der Waals surface area (Å²) < 4.78 is 0. The van der Waals surface area contributed by atoms with Gasteiger partial charge < -0.3 is 25.9 Å². The summed E-state index contributed by atoms with van der Waals surface area (Å²) in [6, 6.07) is 0. The predicted octanol–water partition coefficient (Wildman–Crippen LogP) is 2.98. The highest BCUT2D eigenvalue weighted by Crippen LogP contribution is 2.70. The number of fused-ring (bicyclic) bond motifs is 5. The molecule has 8 atom stereocenters. The highest BCUT2D eigenvalue weighted by Gasteiger charge is 2.72. The Balaban J connectivity index is 1.60. The summed E-state index contributed by atoms with van der Waals surface area (Å²) >= 11 is 0. The molecule has 0 aromatic rings. The number of aliphatic hydroxyl groups is 3. The van der Waals surface area contributed by atoms with Gasteiger partial charge in [-0.2, -0.15) is 0 Å². The lowest BCUT2D eigenvalue weighted by molar-refractivity contribution is -0.224. The van der Waals surface area contributed by atoms with E-state index in [1.165, 1.54) is 0 Å². The lowest BCUT2D eigenvalue weighted by Gasteiger charge is -2.64. The van der Waals surface area contributed by atoms with E-state index in [0.717, 1.165) is 51.4 Å². The van der Waals surface area contributed by atoms with Crippen LogP contribution in [0.3, 0.4) is 0 Å². The molecule has 0 bridgehead atoms. The molecule has 0 spiro atoms. The van der Waals surface area contributed by atoms with Crippen LogP contribution in [0.15, 0.2) is 5.16 Å². The van der Waals surface area contributed by atoms with Gasteiger partial charge in [0.25, 0.3) is 0 Å². The maximum absolute atomic E-state index is 12.2. The fourth-order valence-corrected chi connectivity index (χ4v) is 8.17. The van der Waals surface area contributed by atoms with E-state index >= 15 is 0 Å². The maximum atomic E-state index is 12.2. The first-order chi connectivity index (χ1) is 14.1. The van der Waals surface area contributed by atoms with Crippen LogP contribution >= 0.6 is 0 Å². The highest BCUT2D eigenvalue weighted by molar-refractivity contribution is 5.91. The molecule has 0 aromatic carbocycles. The lowest BCUT2D eigenvalue weighted by Crippen LogP contribution is -2.66. The average Bonchev–Trinajstić information content (AvgIpc) is 2.94. The van der Waals surface area contributed by atoms with E-state index in [9.17, 15) is 15.3 Å². The van der Waals surface area contributed by atoms with Crippen LogP contribution in [0.25, 0.3) is 0 Å². The summed E-state index contributed by atoms with van der Waals surface area (Å²) in [6.07, 6.45) is 8.42. The summed E-state index contributed by atoms with van der Waals surface area (Å²) in [5.74, 6) is 1.21. The zero-order chi connectivity index (χ0) is 21.8. The van der Waals surface area contributed by atoms with Crippen LogP contribution < -0.4 is 5.73 Å². The number of nitrogens with zero attached hydrogens (tertiary/aromatic N) is 1. The van der Waals surface area contributed by atoms with Crippen molar-refractivity contribution in [1.82, 2.24) is 0 Å². The normalized spacial score (nSPS) is 51.1. The number of nitrogens with two attached hydrogens (primary N) is 1. The molecule has 4 aliphatic carbocycles. The fourth-order valence-electron chi connectivity index (χ4n) is 8.17. The van der Waals surface area contributed by atoms with Crippen LogP contribution in [0.2, 0.25) is 0 Å². The van der Waals surface area contributed by atoms with Crippen molar-refractivity contribution in [2.45, 2.75) is 102 Å². The minimum atomic E-state index is -1.14. The molecule has 0 aromatic heterocycles. The van der Waals surface area contributed by atoms with Gasteiger partial charge in [-0.3, -0.25) is 0 Å². The van der Waals surface area contributed by atoms with Crippen molar-refractivity contribution in [3.63, 3.8) is 0 Å². The summed E-state index contributed by atoms with van der Waals surface area (Å²) in [6.45, 7) is 7.32. The number of hydrogen-bond donors (Lipinski definition) is 4. The monoisotopic (exact) mass is 422 g/mol. The molecule has 0 unspecified atom stereocenters. The van der Waals surface area contributed by atoms with Crippen LogP contribution in [0, 0.1) is 28.6 Å². The van der Waals surface area contributed by atoms with Crippen molar-refractivity contribution in [1.29, 1.82) is 0 Å². The number of aliphatic hydroxyl groups excluding tert-OH is 1. The molecule has 0 radical (unpaired) electrons. The van der Waals surface area contributed by atoms with E-state index < -0.39 is 16.6 Å². The standard InChI is InChI=1S/C24H42N2O4/c1-16(26-30-14-4-13-25)23(28)11-12-24(29)20-6-5-17-15-18(27)7-9-21(17,2)19(20)8-10-22(23,24)3/h17-20,27-29H,4-15,25H2,1-3H3/b26-16+/t17-,18+,19+,20-,21+,22-,23+,24+/m1/s1. The average molecular weight is 423 g/mol. The molecule has 4 rings (SSSR count). The van der Waals surface area contributed by atoms with E-state index in [4.69, 9.17) is 10.6 Å². The summed E-state index contributed by atoms with van der Waals surface area (Å²) in [7, 11) is 0. The van der Waals surface area contributed by atoms with Gasteiger partial charge in [-0.05, 0) is 101 Å². The van der Waals surface area contributed by atoms with Crippen LogP contribution in [-0.4, -0.2) is 51.5 Å². The fraction of sp³-hybridized carbons (Fsp3) is 0.958. The zero-order valence-electron chi connectivity index (χ0n) is 19.1. The molecule has 5 N–H and O–H groups in total. The Hall–Kier alpha value is -0.690. The minimum absolute atomic E-state index is 0.161. The molecule has 4 aliphatic rings. The summed E-state index contributed by atoms with van der Waals surface area (Å²) in [4.78, 5) is 5.42. The Bertz CT molecular complexity index is 686. The van der Waals surface area contributed by atoms with E-state index in [2.05, 4.69) is 19.0 Å². The maximum Gasteiger partial charge on any atom is 0.118 e. The molecule has 4 fully saturated rings. The summed E-state index contributed by atoms with van der Waals surface area (Å²) in [5, 5.41) is 38.5. The Morgan fingerprint density at radius 2 is 1.80 bits per heavy atom. The van der Waals surface area contributed by atoms with Gasteiger partial charge in [-0.1, -0.05) is 19.0 Å². The first-order valence-corrected chi connectivity index (χ1v) is 12.1. The third-order valence-electron chi connectivity index (χ3n) is 10.2. The molecule has 30 heavy (non-hydrogen) atoms. The van der Waals surface area contributed by atoms with Crippen molar-refractivity contribution in [2.75, 3.05) is 13.2 Å². The van der Waals surface area contributed by atoms with E-state index in [1.807, 2.05) is 6.92 Å². The lowest BCUT2D eigenvalue weighted by atomic mass is 9.43. The molecule has 0 amide bonds. The topological polar surface area (TPSA) is 108 Å². The number of oxime groups is 1. The second kappa shape index (κ2) is 7.72. The van der Waals surface area contributed by atoms with Crippen molar-refractivity contribution < 1.29 is 20.2 Å². The van der Waals surface area contributed by atoms with E-state index in [0.29, 0.717) is 43.5 Å². The molecule has 4 saturated carbocycles. The molecule has 172 valence electrons. The Labute approximate surface area is 181 Å².